The molecule has 1 N–H and O–H groups in total. The molecule has 0 aliphatic heterocycles. The Labute approximate surface area is 86.6 Å². The van der Waals surface area contributed by atoms with E-state index in [4.69, 9.17) is 0 Å². The lowest BCUT2D eigenvalue weighted by atomic mass is 10.3. The topological polar surface area (TPSA) is 42.7 Å². The summed E-state index contributed by atoms with van der Waals surface area (Å²) >= 11 is 1.72. The van der Waals surface area contributed by atoms with Crippen molar-refractivity contribution in [3.63, 3.8) is 0 Å². The summed E-state index contributed by atoms with van der Waals surface area (Å²) in [5, 5.41) is 11.5. The third kappa shape index (κ3) is 2.18. The molecule has 0 saturated heterocycles. The molecule has 0 radical (unpaired) electrons. The largest absolute Gasteiger partial charge is 0.306 e. The quantitative estimate of drug-likeness (QED) is 0.820. The van der Waals surface area contributed by atoms with Crippen molar-refractivity contribution in [1.29, 1.82) is 0 Å². The van der Waals surface area contributed by atoms with E-state index in [1.54, 1.807) is 22.3 Å². The summed E-state index contributed by atoms with van der Waals surface area (Å²) in [7, 11) is 1.90. The van der Waals surface area contributed by atoms with E-state index in [1.807, 2.05) is 7.05 Å². The highest BCUT2D eigenvalue weighted by molar-refractivity contribution is 7.07. The molecule has 0 aliphatic carbocycles. The Bertz CT molecular complexity index is 379. The van der Waals surface area contributed by atoms with Gasteiger partial charge in [0.15, 0.2) is 0 Å². The molecule has 2 heterocycles. The van der Waals surface area contributed by atoms with Crippen molar-refractivity contribution in [2.75, 3.05) is 0 Å². The third-order valence-corrected chi connectivity index (χ3v) is 2.73. The molecule has 0 amide bonds. The number of nitrogens with zero attached hydrogens (tertiary/aromatic N) is 3. The molecule has 74 valence electrons. The van der Waals surface area contributed by atoms with E-state index in [1.165, 1.54) is 5.56 Å². The summed E-state index contributed by atoms with van der Waals surface area (Å²) in [5.74, 6) is 0.959. The normalized spacial score (nSPS) is 10.6. The van der Waals surface area contributed by atoms with Crippen LogP contribution in [0.1, 0.15) is 11.4 Å². The first-order valence-electron chi connectivity index (χ1n) is 4.41. The predicted octanol–water partition coefficient (Wildman–Crippen LogP) is 1.17. The Morgan fingerprint density at radius 3 is 3.07 bits per heavy atom. The molecule has 2 aromatic heterocycles. The molecule has 2 aromatic rings. The maximum atomic E-state index is 4.13. The summed E-state index contributed by atoms with van der Waals surface area (Å²) < 4.78 is 1.78. The van der Waals surface area contributed by atoms with Gasteiger partial charge in [0.25, 0.3) is 0 Å². The van der Waals surface area contributed by atoms with Gasteiger partial charge in [-0.1, -0.05) is 0 Å². The fraction of sp³-hybridized carbons (Fsp3) is 0.333. The van der Waals surface area contributed by atoms with Gasteiger partial charge in [-0.25, -0.2) is 4.98 Å². The Kier molecular flexibility index (Phi) is 2.90. The molecule has 0 aromatic carbocycles. The lowest BCUT2D eigenvalue weighted by molar-refractivity contribution is 0.615. The number of aryl methyl sites for hydroxylation is 1. The zero-order valence-corrected chi connectivity index (χ0v) is 8.79. The molecule has 0 bridgehead atoms. The van der Waals surface area contributed by atoms with Crippen LogP contribution in [0.2, 0.25) is 0 Å². The Morgan fingerprint density at radius 1 is 1.50 bits per heavy atom. The number of hydrogen-bond donors (Lipinski definition) is 1. The average Bonchev–Trinajstić information content (AvgIpc) is 2.78. The van der Waals surface area contributed by atoms with Crippen molar-refractivity contribution < 1.29 is 0 Å². The molecule has 2 rings (SSSR count). The number of aromatic nitrogens is 3. The average molecular weight is 208 g/mol. The van der Waals surface area contributed by atoms with E-state index in [9.17, 15) is 0 Å². The van der Waals surface area contributed by atoms with Gasteiger partial charge in [-0.3, -0.25) is 4.68 Å². The Morgan fingerprint density at radius 2 is 2.43 bits per heavy atom. The van der Waals surface area contributed by atoms with E-state index in [0.29, 0.717) is 0 Å². The summed E-state index contributed by atoms with van der Waals surface area (Å²) in [5.41, 5.74) is 1.32. The summed E-state index contributed by atoms with van der Waals surface area (Å²) in [6.07, 6.45) is 1.57. The van der Waals surface area contributed by atoms with Crippen molar-refractivity contribution in [2.24, 2.45) is 7.05 Å². The second kappa shape index (κ2) is 4.34. The first-order valence-corrected chi connectivity index (χ1v) is 5.35. The fourth-order valence-corrected chi connectivity index (χ4v) is 1.86. The monoisotopic (exact) mass is 208 g/mol. The Hall–Kier alpha value is -1.20. The van der Waals surface area contributed by atoms with Crippen LogP contribution in [0.5, 0.6) is 0 Å². The van der Waals surface area contributed by atoms with Crippen LogP contribution in [-0.4, -0.2) is 14.8 Å². The van der Waals surface area contributed by atoms with Gasteiger partial charge in [-0.2, -0.15) is 16.4 Å². The van der Waals surface area contributed by atoms with E-state index in [2.05, 4.69) is 32.2 Å². The standard InChI is InChI=1S/C9H12N4S/c1-13-9(11-7-12-13)5-10-4-8-2-3-14-6-8/h2-3,6-7,10H,4-5H2,1H3. The molecular formula is C9H12N4S. The molecule has 0 atom stereocenters. The highest BCUT2D eigenvalue weighted by Crippen LogP contribution is 2.05. The Balaban J connectivity index is 1.81. The van der Waals surface area contributed by atoms with Crippen molar-refractivity contribution in [1.82, 2.24) is 20.1 Å². The van der Waals surface area contributed by atoms with E-state index >= 15 is 0 Å². The van der Waals surface area contributed by atoms with Crippen LogP contribution in [0, 0.1) is 0 Å². The lowest BCUT2D eigenvalue weighted by Gasteiger charge is -2.01. The zero-order chi connectivity index (χ0) is 9.80. The van der Waals surface area contributed by atoms with Crippen molar-refractivity contribution in [3.05, 3.63) is 34.5 Å². The molecule has 0 fully saturated rings. The van der Waals surface area contributed by atoms with Gasteiger partial charge >= 0.3 is 0 Å². The maximum Gasteiger partial charge on any atom is 0.140 e. The van der Waals surface area contributed by atoms with Gasteiger partial charge in [-0.05, 0) is 22.4 Å². The first kappa shape index (κ1) is 9.36. The number of nitrogens with one attached hydrogen (secondary N) is 1. The van der Waals surface area contributed by atoms with Crippen LogP contribution >= 0.6 is 11.3 Å². The van der Waals surface area contributed by atoms with E-state index in [0.717, 1.165) is 18.9 Å². The highest BCUT2D eigenvalue weighted by atomic mass is 32.1. The SMILES string of the molecule is Cn1ncnc1CNCc1ccsc1. The second-order valence-electron chi connectivity index (χ2n) is 3.04. The van der Waals surface area contributed by atoms with Crippen LogP contribution in [0.4, 0.5) is 0 Å². The molecule has 0 spiro atoms. The summed E-state index contributed by atoms with van der Waals surface area (Å²) in [4.78, 5) is 4.13. The first-order chi connectivity index (χ1) is 6.86. The molecular weight excluding hydrogens is 196 g/mol. The van der Waals surface area contributed by atoms with Crippen molar-refractivity contribution >= 4 is 11.3 Å². The highest BCUT2D eigenvalue weighted by Gasteiger charge is 1.99. The lowest BCUT2D eigenvalue weighted by Crippen LogP contribution is -2.15. The summed E-state index contributed by atoms with van der Waals surface area (Å²) in [6.45, 7) is 1.64. The van der Waals surface area contributed by atoms with Gasteiger partial charge in [0, 0.05) is 13.6 Å². The molecule has 0 aliphatic rings. The fourth-order valence-electron chi connectivity index (χ4n) is 1.19. The minimum atomic E-state index is 0.756. The minimum absolute atomic E-state index is 0.756. The number of thiophene rings is 1. The van der Waals surface area contributed by atoms with Gasteiger partial charge < -0.3 is 5.32 Å². The van der Waals surface area contributed by atoms with Gasteiger partial charge in [-0.15, -0.1) is 0 Å². The van der Waals surface area contributed by atoms with Crippen LogP contribution in [0.25, 0.3) is 0 Å². The molecule has 5 heteroatoms. The molecule has 4 nitrogen and oxygen atoms in total. The minimum Gasteiger partial charge on any atom is -0.306 e. The van der Waals surface area contributed by atoms with Crippen LogP contribution < -0.4 is 5.32 Å². The van der Waals surface area contributed by atoms with E-state index in [-0.39, 0.29) is 0 Å². The van der Waals surface area contributed by atoms with Crippen molar-refractivity contribution in [2.45, 2.75) is 13.1 Å². The summed E-state index contributed by atoms with van der Waals surface area (Å²) in [6, 6.07) is 2.12. The van der Waals surface area contributed by atoms with Crippen LogP contribution in [-0.2, 0) is 20.1 Å². The number of hydrogen-bond acceptors (Lipinski definition) is 4. The van der Waals surface area contributed by atoms with Crippen LogP contribution in [0.15, 0.2) is 23.2 Å². The van der Waals surface area contributed by atoms with Gasteiger partial charge in [0.05, 0.1) is 6.54 Å². The second-order valence-corrected chi connectivity index (χ2v) is 3.82. The molecule has 0 saturated carbocycles. The maximum absolute atomic E-state index is 4.13. The smallest absolute Gasteiger partial charge is 0.140 e. The van der Waals surface area contributed by atoms with Crippen molar-refractivity contribution in [3.8, 4) is 0 Å². The molecule has 14 heavy (non-hydrogen) atoms. The third-order valence-electron chi connectivity index (χ3n) is 2.00. The van der Waals surface area contributed by atoms with Gasteiger partial charge in [0.1, 0.15) is 12.2 Å². The zero-order valence-electron chi connectivity index (χ0n) is 7.97. The predicted molar refractivity (Wildman–Crippen MR) is 55.9 cm³/mol. The van der Waals surface area contributed by atoms with Gasteiger partial charge in [0.2, 0.25) is 0 Å². The molecule has 0 unspecified atom stereocenters. The number of rotatable bonds is 4. The van der Waals surface area contributed by atoms with E-state index < -0.39 is 0 Å². The van der Waals surface area contributed by atoms with Crippen LogP contribution in [0.3, 0.4) is 0 Å².